The maximum atomic E-state index is 12.7. The topological polar surface area (TPSA) is 102 Å². The van der Waals surface area contributed by atoms with E-state index in [1.54, 1.807) is 21.1 Å². The average molecular weight is 796 g/mol. The molecule has 0 bridgehead atoms. The van der Waals surface area contributed by atoms with Crippen molar-refractivity contribution >= 4 is 17.9 Å². The molecule has 0 aliphatic heterocycles. The summed E-state index contributed by atoms with van der Waals surface area (Å²) in [6.07, 6.45) is 50.5. The van der Waals surface area contributed by atoms with Crippen molar-refractivity contribution in [3.05, 3.63) is 85.1 Å². The highest BCUT2D eigenvalue weighted by molar-refractivity contribution is 5.70. The number of carboxylic acid groups (broad SMARTS) is 1. The smallest absolute Gasteiger partial charge is 0.306 e. The highest BCUT2D eigenvalue weighted by Crippen LogP contribution is 2.13. The van der Waals surface area contributed by atoms with Crippen LogP contribution in [0.15, 0.2) is 85.1 Å². The van der Waals surface area contributed by atoms with E-state index in [1.807, 2.05) is 0 Å². The summed E-state index contributed by atoms with van der Waals surface area (Å²) in [6, 6.07) is -0.738. The highest BCUT2D eigenvalue weighted by Gasteiger charge is 2.25. The van der Waals surface area contributed by atoms with Crippen LogP contribution in [0.25, 0.3) is 0 Å². The molecule has 0 saturated heterocycles. The van der Waals surface area contributed by atoms with Crippen molar-refractivity contribution in [3.63, 3.8) is 0 Å². The zero-order valence-electron chi connectivity index (χ0n) is 36.7. The fourth-order valence-corrected chi connectivity index (χ4v) is 5.91. The predicted molar refractivity (Wildman–Crippen MR) is 235 cm³/mol. The van der Waals surface area contributed by atoms with E-state index >= 15 is 0 Å². The Hall–Kier alpha value is -3.49. The van der Waals surface area contributed by atoms with Gasteiger partial charge in [-0.2, -0.15) is 0 Å². The number of nitrogens with zero attached hydrogens (tertiary/aromatic N) is 1. The van der Waals surface area contributed by atoms with Crippen molar-refractivity contribution in [1.29, 1.82) is 0 Å². The number of aliphatic carboxylic acids is 1. The molecule has 0 aromatic heterocycles. The lowest BCUT2D eigenvalue weighted by Gasteiger charge is -2.34. The fraction of sp³-hybridized carbons (Fsp3) is 0.653. The van der Waals surface area contributed by atoms with Gasteiger partial charge in [0.25, 0.3) is 0 Å². The summed E-state index contributed by atoms with van der Waals surface area (Å²) in [7, 11) is 5.38. The van der Waals surface area contributed by atoms with Gasteiger partial charge >= 0.3 is 11.9 Å². The summed E-state index contributed by atoms with van der Waals surface area (Å²) in [5.74, 6) is -1.82. The van der Waals surface area contributed by atoms with E-state index in [2.05, 4.69) is 98.9 Å². The molecule has 0 N–H and O–H groups in total. The van der Waals surface area contributed by atoms with Crippen LogP contribution in [0.1, 0.15) is 155 Å². The largest absolute Gasteiger partial charge is 0.544 e. The second-order valence-electron chi connectivity index (χ2n) is 15.5. The fourth-order valence-electron chi connectivity index (χ4n) is 5.91. The minimum absolute atomic E-state index is 0.0177. The number of allylic oxidation sites excluding steroid dienone is 14. The number of unbranched alkanes of at least 4 members (excludes halogenated alkanes) is 10. The lowest BCUT2D eigenvalue weighted by atomic mass is 10.1. The summed E-state index contributed by atoms with van der Waals surface area (Å²) in [4.78, 5) is 36.8. The summed E-state index contributed by atoms with van der Waals surface area (Å²) in [5.41, 5.74) is 0. The first kappa shape index (κ1) is 53.5. The number of rotatable bonds is 38. The Morgan fingerprint density at radius 1 is 0.526 bits per heavy atom. The van der Waals surface area contributed by atoms with Gasteiger partial charge < -0.3 is 28.6 Å². The van der Waals surface area contributed by atoms with Crippen molar-refractivity contribution in [3.8, 4) is 0 Å². The van der Waals surface area contributed by atoms with Crippen LogP contribution in [0.5, 0.6) is 0 Å². The van der Waals surface area contributed by atoms with E-state index < -0.39 is 18.1 Å². The summed E-state index contributed by atoms with van der Waals surface area (Å²) in [6.45, 7) is 4.35. The first-order valence-corrected chi connectivity index (χ1v) is 22.1. The number of quaternary nitrogens is 1. The Morgan fingerprint density at radius 2 is 0.947 bits per heavy atom. The van der Waals surface area contributed by atoms with Gasteiger partial charge in [0.1, 0.15) is 12.6 Å². The van der Waals surface area contributed by atoms with Crippen LogP contribution < -0.4 is 5.11 Å². The Kier molecular flexibility index (Phi) is 36.9. The SMILES string of the molecule is CC/C=C/C/C=C/C/C=C/C/C=C/CCCCCCCCCCCC(=O)OC(COCCC(C(=O)[O-])[N+](C)(C)C)COC(=O)CCC/C=C/C/C=C/C/C=C/CC. The lowest BCUT2D eigenvalue weighted by Crippen LogP contribution is -2.55. The second kappa shape index (κ2) is 39.3. The molecule has 0 aliphatic rings. The molecule has 0 amide bonds. The van der Waals surface area contributed by atoms with Crippen molar-refractivity contribution in [2.45, 2.75) is 167 Å². The van der Waals surface area contributed by atoms with Gasteiger partial charge in [-0.25, -0.2) is 0 Å². The van der Waals surface area contributed by atoms with Gasteiger partial charge in [0.05, 0.1) is 40.3 Å². The monoisotopic (exact) mass is 796 g/mol. The van der Waals surface area contributed by atoms with E-state index in [0.29, 0.717) is 12.8 Å². The van der Waals surface area contributed by atoms with Crippen LogP contribution in [-0.4, -0.2) is 75.5 Å². The van der Waals surface area contributed by atoms with Gasteiger partial charge in [0, 0.05) is 19.3 Å². The van der Waals surface area contributed by atoms with Gasteiger partial charge in [-0.3, -0.25) is 9.59 Å². The van der Waals surface area contributed by atoms with Crippen LogP contribution in [0.4, 0.5) is 0 Å². The Balaban J connectivity index is 4.34. The molecule has 0 fully saturated rings. The molecule has 0 radical (unpaired) electrons. The van der Waals surface area contributed by atoms with Crippen molar-refractivity contribution in [2.75, 3.05) is 41.0 Å². The van der Waals surface area contributed by atoms with Crippen LogP contribution in [0.3, 0.4) is 0 Å². The normalized spacial score (nSPS) is 13.8. The number of carboxylic acids is 1. The third-order valence-electron chi connectivity index (χ3n) is 9.28. The van der Waals surface area contributed by atoms with E-state index in [-0.39, 0.29) is 49.1 Å². The van der Waals surface area contributed by atoms with Gasteiger partial charge in [-0.05, 0) is 77.0 Å². The molecule has 8 nitrogen and oxygen atoms in total. The van der Waals surface area contributed by atoms with Gasteiger partial charge in [0.15, 0.2) is 6.10 Å². The Labute approximate surface area is 348 Å². The van der Waals surface area contributed by atoms with Crippen LogP contribution >= 0.6 is 0 Å². The van der Waals surface area contributed by atoms with E-state index in [1.165, 1.54) is 38.5 Å². The molecule has 2 atom stereocenters. The lowest BCUT2D eigenvalue weighted by molar-refractivity contribution is -0.889. The first-order valence-electron chi connectivity index (χ1n) is 22.1. The number of ether oxygens (including phenoxy) is 3. The molecule has 0 heterocycles. The minimum atomic E-state index is -1.14. The first-order chi connectivity index (χ1) is 27.6. The van der Waals surface area contributed by atoms with Crippen LogP contribution in [-0.2, 0) is 28.6 Å². The molecule has 0 aromatic carbocycles. The van der Waals surface area contributed by atoms with E-state index in [9.17, 15) is 19.5 Å². The molecule has 0 rings (SSSR count). The standard InChI is InChI=1S/C49H81NO7/c1-6-8-10-12-14-16-18-19-20-21-22-23-24-25-26-27-28-30-32-34-36-38-40-48(52)57-45(43-55-42-41-46(49(53)54)50(3,4)5)44-56-47(51)39-37-35-33-31-29-17-15-13-11-9-7-2/h8-11,14-17,19-20,22-23,31,33,45-46H,6-7,12-13,18,21,24-30,32,34-44H2,1-5H3/b10-8+,11-9+,16-14+,17-15+,20-19+,23-22+,33-31+. The molecule has 0 aliphatic carbocycles. The molecule has 2 unspecified atom stereocenters. The number of esters is 2. The van der Waals surface area contributed by atoms with Crippen molar-refractivity contribution in [2.24, 2.45) is 0 Å². The molecule has 57 heavy (non-hydrogen) atoms. The van der Waals surface area contributed by atoms with Gasteiger partial charge in [-0.1, -0.05) is 144 Å². The van der Waals surface area contributed by atoms with Gasteiger partial charge in [-0.15, -0.1) is 0 Å². The predicted octanol–water partition coefficient (Wildman–Crippen LogP) is 10.8. The molecule has 0 aromatic rings. The van der Waals surface area contributed by atoms with Crippen molar-refractivity contribution < 1.29 is 38.2 Å². The Morgan fingerprint density at radius 3 is 1.42 bits per heavy atom. The number of hydrogen-bond acceptors (Lipinski definition) is 7. The highest BCUT2D eigenvalue weighted by atomic mass is 16.6. The Bertz CT molecular complexity index is 1200. The maximum Gasteiger partial charge on any atom is 0.306 e. The van der Waals surface area contributed by atoms with Crippen LogP contribution in [0, 0.1) is 0 Å². The third kappa shape index (κ3) is 37.8. The molecule has 8 heteroatoms. The number of carbonyl (C=O) groups is 3. The molecule has 324 valence electrons. The number of carbonyl (C=O) groups excluding carboxylic acids is 3. The molecular formula is C49H81NO7. The quantitative estimate of drug-likeness (QED) is 0.0265. The zero-order valence-corrected chi connectivity index (χ0v) is 36.7. The number of hydrogen-bond donors (Lipinski definition) is 0. The minimum Gasteiger partial charge on any atom is -0.544 e. The van der Waals surface area contributed by atoms with E-state index in [0.717, 1.165) is 77.0 Å². The van der Waals surface area contributed by atoms with Crippen molar-refractivity contribution in [1.82, 2.24) is 0 Å². The van der Waals surface area contributed by atoms with Crippen LogP contribution in [0.2, 0.25) is 0 Å². The molecule has 0 saturated carbocycles. The molecule has 0 spiro atoms. The summed E-state index contributed by atoms with van der Waals surface area (Å²) in [5, 5.41) is 11.6. The summed E-state index contributed by atoms with van der Waals surface area (Å²) < 4.78 is 17.1. The summed E-state index contributed by atoms with van der Waals surface area (Å²) >= 11 is 0. The molecular weight excluding hydrogens is 715 g/mol. The average Bonchev–Trinajstić information content (AvgIpc) is 3.17. The second-order valence-corrected chi connectivity index (χ2v) is 15.5. The number of likely N-dealkylation sites (N-methyl/N-ethyl adjacent to an activating group) is 1. The maximum absolute atomic E-state index is 12.7. The zero-order chi connectivity index (χ0) is 42.1. The van der Waals surface area contributed by atoms with Gasteiger partial charge in [0.2, 0.25) is 0 Å². The van der Waals surface area contributed by atoms with E-state index in [4.69, 9.17) is 14.2 Å². The third-order valence-corrected chi connectivity index (χ3v) is 9.28.